The van der Waals surface area contributed by atoms with Crippen molar-refractivity contribution >= 4 is 45.0 Å². The van der Waals surface area contributed by atoms with E-state index in [0.717, 1.165) is 4.47 Å². The van der Waals surface area contributed by atoms with Gasteiger partial charge >= 0.3 is 6.09 Å². The van der Waals surface area contributed by atoms with Crippen molar-refractivity contribution in [2.45, 2.75) is 13.0 Å². The van der Waals surface area contributed by atoms with Gasteiger partial charge in [0.25, 0.3) is 0 Å². The summed E-state index contributed by atoms with van der Waals surface area (Å²) in [5.41, 5.74) is 8.08. The lowest BCUT2D eigenvalue weighted by Gasteiger charge is -2.23. The summed E-state index contributed by atoms with van der Waals surface area (Å²) in [5, 5.41) is 15.0. The van der Waals surface area contributed by atoms with Crippen LogP contribution < -0.4 is 16.4 Å². The molecule has 170 valence electrons. The van der Waals surface area contributed by atoms with E-state index in [1.165, 1.54) is 18.2 Å². The van der Waals surface area contributed by atoms with Crippen LogP contribution in [0.4, 0.5) is 21.9 Å². The molecule has 0 fully saturated rings. The van der Waals surface area contributed by atoms with Gasteiger partial charge in [-0.1, -0.05) is 53.2 Å². The molecule has 8 heteroatoms. The predicted molar refractivity (Wildman–Crippen MR) is 133 cm³/mol. The minimum Gasteiger partial charge on any atom is -0.508 e. The number of amides is 2. The molecule has 3 aromatic carbocycles. The first kappa shape index (κ1) is 23.9. The lowest BCUT2D eigenvalue weighted by atomic mass is 9.96. The van der Waals surface area contributed by atoms with E-state index in [0.29, 0.717) is 22.6 Å². The summed E-state index contributed by atoms with van der Waals surface area (Å²) in [6, 6.07) is 20.4. The maximum Gasteiger partial charge on any atom is 0.412 e. The molecule has 0 heterocycles. The monoisotopic (exact) mass is 509 g/mol. The summed E-state index contributed by atoms with van der Waals surface area (Å²) in [7, 11) is 0. The molecule has 33 heavy (non-hydrogen) atoms. The average Bonchev–Trinajstić information content (AvgIpc) is 2.80. The number of halogens is 1. The van der Waals surface area contributed by atoms with E-state index in [1.807, 2.05) is 6.92 Å². The van der Waals surface area contributed by atoms with Crippen LogP contribution >= 0.6 is 15.9 Å². The minimum absolute atomic E-state index is 0.0971. The number of carbonyl (C=O) groups is 2. The Labute approximate surface area is 200 Å². The van der Waals surface area contributed by atoms with Gasteiger partial charge in [0.05, 0.1) is 11.4 Å². The molecule has 0 saturated carbocycles. The van der Waals surface area contributed by atoms with Crippen LogP contribution in [-0.4, -0.2) is 17.1 Å². The highest BCUT2D eigenvalue weighted by atomic mass is 79.9. The van der Waals surface area contributed by atoms with Crippen LogP contribution in [0.1, 0.15) is 18.6 Å². The summed E-state index contributed by atoms with van der Waals surface area (Å²) in [5.74, 6) is -0.618. The summed E-state index contributed by atoms with van der Waals surface area (Å²) < 4.78 is 6.58. The third-order valence-electron chi connectivity index (χ3n) is 4.79. The number of phenolic OH excluding ortho intramolecular Hbond substituents is 1. The van der Waals surface area contributed by atoms with Gasteiger partial charge in [0.15, 0.2) is 0 Å². The van der Waals surface area contributed by atoms with E-state index in [1.54, 1.807) is 66.7 Å². The van der Waals surface area contributed by atoms with Gasteiger partial charge < -0.3 is 20.9 Å². The van der Waals surface area contributed by atoms with E-state index >= 15 is 0 Å². The van der Waals surface area contributed by atoms with Gasteiger partial charge in [-0.05, 0) is 60.2 Å². The molecular weight excluding hydrogens is 486 g/mol. The van der Waals surface area contributed by atoms with Gasteiger partial charge in [0.1, 0.15) is 11.9 Å². The van der Waals surface area contributed by atoms with Crippen LogP contribution in [0.3, 0.4) is 0 Å². The lowest BCUT2D eigenvalue weighted by molar-refractivity contribution is -0.111. The van der Waals surface area contributed by atoms with Gasteiger partial charge in [-0.3, -0.25) is 10.1 Å². The first-order chi connectivity index (χ1) is 15.8. The maximum atomic E-state index is 12.6. The van der Waals surface area contributed by atoms with Crippen LogP contribution in [0.15, 0.2) is 89.4 Å². The van der Waals surface area contributed by atoms with E-state index in [2.05, 4.69) is 26.6 Å². The van der Waals surface area contributed by atoms with E-state index < -0.39 is 12.2 Å². The molecule has 3 rings (SSSR count). The SMILES string of the molecule is C[C@H](/C=C/C(=O)Nc1ccccc1N)[C@H](OC(=O)Nc1ccc(Br)cc1)c1ccc(O)cc1. The quantitative estimate of drug-likeness (QED) is 0.235. The number of carbonyl (C=O) groups excluding carboxylic acids is 2. The molecule has 0 aliphatic rings. The van der Waals surface area contributed by atoms with Crippen molar-refractivity contribution in [3.8, 4) is 5.75 Å². The second-order valence-corrected chi connectivity index (χ2v) is 8.26. The largest absolute Gasteiger partial charge is 0.508 e. The summed E-state index contributed by atoms with van der Waals surface area (Å²) in [6.07, 6.45) is 1.68. The average molecular weight is 510 g/mol. The van der Waals surface area contributed by atoms with Gasteiger partial charge in [0, 0.05) is 16.1 Å². The molecule has 0 aliphatic carbocycles. The Balaban J connectivity index is 1.72. The number of nitrogen functional groups attached to an aromatic ring is 1. The van der Waals surface area contributed by atoms with Crippen molar-refractivity contribution < 1.29 is 19.4 Å². The Hall–Kier alpha value is -3.78. The van der Waals surface area contributed by atoms with Crippen LogP contribution in [0, 0.1) is 5.92 Å². The number of para-hydroxylation sites is 2. The van der Waals surface area contributed by atoms with Crippen molar-refractivity contribution in [3.63, 3.8) is 0 Å². The fraction of sp³-hybridized carbons (Fsp3) is 0.120. The molecule has 0 spiro atoms. The van der Waals surface area contributed by atoms with Crippen LogP contribution in [0.2, 0.25) is 0 Å². The highest BCUT2D eigenvalue weighted by Crippen LogP contribution is 2.29. The molecule has 0 aromatic heterocycles. The molecule has 3 aromatic rings. The molecule has 2 atom stereocenters. The number of nitrogens with two attached hydrogens (primary N) is 1. The Bertz CT molecular complexity index is 1130. The van der Waals surface area contributed by atoms with Gasteiger partial charge in [0.2, 0.25) is 5.91 Å². The number of ether oxygens (including phenoxy) is 1. The summed E-state index contributed by atoms with van der Waals surface area (Å²) >= 11 is 3.35. The maximum absolute atomic E-state index is 12.6. The Morgan fingerprint density at radius 2 is 1.67 bits per heavy atom. The third kappa shape index (κ3) is 7.11. The predicted octanol–water partition coefficient (Wildman–Crippen LogP) is 5.86. The summed E-state index contributed by atoms with van der Waals surface area (Å²) in [6.45, 7) is 1.82. The molecule has 0 saturated heterocycles. The zero-order chi connectivity index (χ0) is 23.8. The fourth-order valence-corrected chi connectivity index (χ4v) is 3.33. The number of rotatable bonds is 7. The van der Waals surface area contributed by atoms with Gasteiger partial charge in [-0.25, -0.2) is 4.79 Å². The fourth-order valence-electron chi connectivity index (χ4n) is 3.06. The second-order valence-electron chi connectivity index (χ2n) is 7.34. The highest BCUT2D eigenvalue weighted by molar-refractivity contribution is 9.10. The van der Waals surface area contributed by atoms with Crippen molar-refractivity contribution in [2.75, 3.05) is 16.4 Å². The number of hydrogen-bond donors (Lipinski definition) is 4. The number of aromatic hydroxyl groups is 1. The number of phenols is 1. The van der Waals surface area contributed by atoms with Crippen LogP contribution in [-0.2, 0) is 9.53 Å². The second kappa shape index (κ2) is 11.2. The first-order valence-electron chi connectivity index (χ1n) is 10.2. The normalized spacial score (nSPS) is 12.7. The number of hydrogen-bond acceptors (Lipinski definition) is 5. The molecular formula is C25H24BrN3O4. The minimum atomic E-state index is -0.702. The first-order valence-corrected chi connectivity index (χ1v) is 11.0. The van der Waals surface area contributed by atoms with E-state index in [-0.39, 0.29) is 17.6 Å². The van der Waals surface area contributed by atoms with Gasteiger partial charge in [-0.2, -0.15) is 0 Å². The number of nitrogens with one attached hydrogen (secondary N) is 2. The lowest BCUT2D eigenvalue weighted by Crippen LogP contribution is -2.21. The van der Waals surface area contributed by atoms with Crippen molar-refractivity contribution in [1.29, 1.82) is 0 Å². The Morgan fingerprint density at radius 3 is 2.33 bits per heavy atom. The zero-order valence-corrected chi connectivity index (χ0v) is 19.5. The topological polar surface area (TPSA) is 114 Å². The zero-order valence-electron chi connectivity index (χ0n) is 17.9. The number of anilines is 3. The Morgan fingerprint density at radius 1 is 1.00 bits per heavy atom. The number of benzene rings is 3. The highest BCUT2D eigenvalue weighted by Gasteiger charge is 2.22. The molecule has 0 aliphatic heterocycles. The third-order valence-corrected chi connectivity index (χ3v) is 5.32. The van der Waals surface area contributed by atoms with E-state index in [9.17, 15) is 14.7 Å². The molecule has 2 amide bonds. The molecule has 0 radical (unpaired) electrons. The van der Waals surface area contributed by atoms with Crippen LogP contribution in [0.5, 0.6) is 5.75 Å². The molecule has 0 bridgehead atoms. The Kier molecular flexibility index (Phi) is 8.10. The molecule has 0 unspecified atom stereocenters. The van der Waals surface area contributed by atoms with Crippen molar-refractivity contribution in [3.05, 3.63) is 95.0 Å². The smallest absolute Gasteiger partial charge is 0.412 e. The standard InChI is InChI=1S/C25H24BrN3O4/c1-16(6-15-23(31)29-22-5-3-2-4-21(22)27)24(17-7-13-20(30)14-8-17)33-25(32)28-19-11-9-18(26)10-12-19/h2-16,24,30H,27H2,1H3,(H,28,32)(H,29,31)/b15-6+/t16-,24+/m1/s1. The molecule has 5 N–H and O–H groups in total. The van der Waals surface area contributed by atoms with E-state index in [4.69, 9.17) is 10.5 Å². The van der Waals surface area contributed by atoms with Crippen LogP contribution in [0.25, 0.3) is 0 Å². The van der Waals surface area contributed by atoms with Crippen molar-refractivity contribution in [2.24, 2.45) is 5.92 Å². The summed E-state index contributed by atoms with van der Waals surface area (Å²) in [4.78, 5) is 24.9. The molecule has 7 nitrogen and oxygen atoms in total. The van der Waals surface area contributed by atoms with Gasteiger partial charge in [-0.15, -0.1) is 0 Å². The van der Waals surface area contributed by atoms with Crippen molar-refractivity contribution in [1.82, 2.24) is 0 Å².